The second-order valence-electron chi connectivity index (χ2n) is 3.32. The highest BCUT2D eigenvalue weighted by Gasteiger charge is 2.15. The van der Waals surface area contributed by atoms with Gasteiger partial charge in [-0.3, -0.25) is 9.59 Å². The minimum atomic E-state index is -0.874. The van der Waals surface area contributed by atoms with Crippen molar-refractivity contribution in [2.24, 2.45) is 5.92 Å². The van der Waals surface area contributed by atoms with E-state index < -0.39 is 11.9 Å². The van der Waals surface area contributed by atoms with Crippen LogP contribution in [0.5, 0.6) is 0 Å². The third-order valence-corrected chi connectivity index (χ3v) is 2.14. The molecule has 1 aromatic rings. The number of H-pyrrole nitrogens is 1. The fourth-order valence-corrected chi connectivity index (χ4v) is 1.18. The molecule has 0 aromatic carbocycles. The lowest BCUT2D eigenvalue weighted by Gasteiger charge is -2.11. The van der Waals surface area contributed by atoms with E-state index in [1.165, 1.54) is 0 Å². The minimum Gasteiger partial charge on any atom is -0.481 e. The monoisotopic (exact) mass is 227 g/mol. The zero-order chi connectivity index (χ0) is 12.0. The van der Waals surface area contributed by atoms with Crippen LogP contribution < -0.4 is 5.32 Å². The van der Waals surface area contributed by atoms with E-state index in [4.69, 9.17) is 5.11 Å². The number of amides is 1. The number of carbonyl (C=O) groups excluding carboxylic acids is 1. The highest BCUT2D eigenvalue weighted by Crippen LogP contribution is 2.06. The Balaban J connectivity index is 2.38. The molecule has 1 unspecified atom stereocenters. The lowest BCUT2D eigenvalue weighted by Crippen LogP contribution is -2.30. The van der Waals surface area contributed by atoms with Gasteiger partial charge in [0.1, 0.15) is 0 Å². The number of carboxylic acid groups (broad SMARTS) is 1. The molecular formula is C8H13N5O3. The summed E-state index contributed by atoms with van der Waals surface area (Å²) < 4.78 is 0. The van der Waals surface area contributed by atoms with Crippen molar-refractivity contribution in [3.63, 3.8) is 0 Å². The van der Waals surface area contributed by atoms with Crippen LogP contribution in [0.1, 0.15) is 30.4 Å². The predicted octanol–water partition coefficient (Wildman–Crippen LogP) is -0.570. The van der Waals surface area contributed by atoms with Crippen LogP contribution in [-0.2, 0) is 4.79 Å². The van der Waals surface area contributed by atoms with Crippen molar-refractivity contribution in [2.75, 3.05) is 6.54 Å². The highest BCUT2D eigenvalue weighted by atomic mass is 16.4. The molecule has 0 bridgehead atoms. The normalized spacial score (nSPS) is 12.1. The van der Waals surface area contributed by atoms with Gasteiger partial charge in [-0.2, -0.15) is 5.21 Å². The van der Waals surface area contributed by atoms with E-state index in [1.54, 1.807) is 0 Å². The number of rotatable bonds is 6. The molecule has 0 saturated carbocycles. The van der Waals surface area contributed by atoms with E-state index in [0.29, 0.717) is 6.42 Å². The van der Waals surface area contributed by atoms with Gasteiger partial charge >= 0.3 is 5.97 Å². The highest BCUT2D eigenvalue weighted by molar-refractivity contribution is 5.90. The molecule has 1 atom stereocenters. The van der Waals surface area contributed by atoms with Gasteiger partial charge in [0.25, 0.3) is 11.7 Å². The Morgan fingerprint density at radius 2 is 2.31 bits per heavy atom. The summed E-state index contributed by atoms with van der Waals surface area (Å²) in [5.41, 5.74) is 0. The largest absolute Gasteiger partial charge is 0.481 e. The first kappa shape index (κ1) is 12.1. The molecular weight excluding hydrogens is 214 g/mol. The summed E-state index contributed by atoms with van der Waals surface area (Å²) in [5, 5.41) is 23.6. The van der Waals surface area contributed by atoms with Gasteiger partial charge in [-0.25, -0.2) is 0 Å². The lowest BCUT2D eigenvalue weighted by atomic mass is 10.0. The molecule has 8 heteroatoms. The van der Waals surface area contributed by atoms with E-state index in [1.807, 2.05) is 6.92 Å². The zero-order valence-corrected chi connectivity index (χ0v) is 8.80. The van der Waals surface area contributed by atoms with Gasteiger partial charge in [0.15, 0.2) is 0 Å². The fourth-order valence-electron chi connectivity index (χ4n) is 1.18. The topological polar surface area (TPSA) is 121 Å². The van der Waals surface area contributed by atoms with E-state index in [0.717, 1.165) is 0 Å². The van der Waals surface area contributed by atoms with Crippen LogP contribution in [-0.4, -0.2) is 44.2 Å². The molecule has 1 aromatic heterocycles. The molecule has 1 amide bonds. The standard InChI is InChI=1S/C8H13N5O3/c1-2-5(3-6(14)15)4-9-8(16)7-10-12-13-11-7/h5H,2-4H2,1H3,(H,9,16)(H,14,15)(H,10,11,12,13). The van der Waals surface area contributed by atoms with Crippen LogP contribution in [0.3, 0.4) is 0 Å². The molecule has 0 aliphatic rings. The second-order valence-corrected chi connectivity index (χ2v) is 3.32. The van der Waals surface area contributed by atoms with Crippen LogP contribution >= 0.6 is 0 Å². The summed E-state index contributed by atoms with van der Waals surface area (Å²) in [6.45, 7) is 2.16. The molecule has 0 aliphatic carbocycles. The molecule has 0 aliphatic heterocycles. The molecule has 0 saturated heterocycles. The molecule has 88 valence electrons. The average molecular weight is 227 g/mol. The van der Waals surface area contributed by atoms with Crippen LogP contribution in [0.15, 0.2) is 0 Å². The van der Waals surface area contributed by atoms with Gasteiger partial charge in [-0.05, 0) is 11.1 Å². The SMILES string of the molecule is CCC(CNC(=O)c1nn[nH]n1)CC(=O)O. The lowest BCUT2D eigenvalue weighted by molar-refractivity contribution is -0.138. The third kappa shape index (κ3) is 3.64. The van der Waals surface area contributed by atoms with Gasteiger partial charge < -0.3 is 10.4 Å². The Morgan fingerprint density at radius 3 is 2.81 bits per heavy atom. The maximum atomic E-state index is 11.4. The van der Waals surface area contributed by atoms with E-state index >= 15 is 0 Å². The number of carbonyl (C=O) groups is 2. The van der Waals surface area contributed by atoms with Crippen molar-refractivity contribution in [1.82, 2.24) is 25.9 Å². The van der Waals surface area contributed by atoms with Gasteiger partial charge in [-0.1, -0.05) is 13.3 Å². The Morgan fingerprint density at radius 1 is 1.56 bits per heavy atom. The van der Waals surface area contributed by atoms with Crippen molar-refractivity contribution in [3.8, 4) is 0 Å². The number of hydrogen-bond donors (Lipinski definition) is 3. The van der Waals surface area contributed by atoms with Crippen molar-refractivity contribution >= 4 is 11.9 Å². The summed E-state index contributed by atoms with van der Waals surface area (Å²) in [7, 11) is 0. The number of aromatic amines is 1. The number of hydrogen-bond acceptors (Lipinski definition) is 5. The first-order valence-electron chi connectivity index (χ1n) is 4.87. The Hall–Kier alpha value is -1.99. The van der Waals surface area contributed by atoms with Crippen LogP contribution in [0, 0.1) is 5.92 Å². The van der Waals surface area contributed by atoms with Crippen molar-refractivity contribution in [1.29, 1.82) is 0 Å². The van der Waals surface area contributed by atoms with Crippen LogP contribution in [0.4, 0.5) is 0 Å². The van der Waals surface area contributed by atoms with Gasteiger partial charge in [0.2, 0.25) is 0 Å². The second kappa shape index (κ2) is 5.79. The Kier molecular flexibility index (Phi) is 4.37. The van der Waals surface area contributed by atoms with Crippen molar-refractivity contribution < 1.29 is 14.7 Å². The molecule has 8 nitrogen and oxygen atoms in total. The molecule has 0 spiro atoms. The number of nitrogens with one attached hydrogen (secondary N) is 2. The van der Waals surface area contributed by atoms with Crippen molar-refractivity contribution in [2.45, 2.75) is 19.8 Å². The predicted molar refractivity (Wildman–Crippen MR) is 52.5 cm³/mol. The van der Waals surface area contributed by atoms with Gasteiger partial charge in [0.05, 0.1) is 0 Å². The zero-order valence-electron chi connectivity index (χ0n) is 8.80. The minimum absolute atomic E-state index is 0.0308. The summed E-state index contributed by atoms with van der Waals surface area (Å²) >= 11 is 0. The molecule has 1 heterocycles. The summed E-state index contributed by atoms with van der Waals surface area (Å²) in [6.07, 6.45) is 0.710. The summed E-state index contributed by atoms with van der Waals surface area (Å²) in [4.78, 5) is 21.9. The quantitative estimate of drug-likeness (QED) is 0.598. The van der Waals surface area contributed by atoms with Crippen LogP contribution in [0.25, 0.3) is 0 Å². The molecule has 0 fully saturated rings. The number of nitrogens with zero attached hydrogens (tertiary/aromatic N) is 3. The first-order valence-corrected chi connectivity index (χ1v) is 4.87. The van der Waals surface area contributed by atoms with Crippen LogP contribution in [0.2, 0.25) is 0 Å². The van der Waals surface area contributed by atoms with E-state index in [2.05, 4.69) is 25.9 Å². The number of aliphatic carboxylic acids is 1. The van der Waals surface area contributed by atoms with E-state index in [9.17, 15) is 9.59 Å². The maximum Gasteiger partial charge on any atom is 0.303 e. The number of aromatic nitrogens is 4. The van der Waals surface area contributed by atoms with Crippen molar-refractivity contribution in [3.05, 3.63) is 5.82 Å². The van der Waals surface area contributed by atoms with Gasteiger partial charge in [0, 0.05) is 13.0 Å². The Labute approximate surface area is 91.4 Å². The summed E-state index contributed by atoms with van der Waals surface area (Å²) in [5.74, 6) is -1.48. The molecule has 0 radical (unpaired) electrons. The number of tetrazole rings is 1. The maximum absolute atomic E-state index is 11.4. The molecule has 16 heavy (non-hydrogen) atoms. The average Bonchev–Trinajstić information content (AvgIpc) is 2.76. The van der Waals surface area contributed by atoms with E-state index in [-0.39, 0.29) is 24.7 Å². The third-order valence-electron chi connectivity index (χ3n) is 2.14. The molecule has 1 rings (SSSR count). The molecule has 3 N–H and O–H groups in total. The van der Waals surface area contributed by atoms with Gasteiger partial charge in [-0.15, -0.1) is 10.2 Å². The fraction of sp³-hybridized carbons (Fsp3) is 0.625. The smallest absolute Gasteiger partial charge is 0.303 e. The number of carboxylic acids is 1. The first-order chi connectivity index (χ1) is 7.63. The summed E-state index contributed by atoms with van der Waals surface area (Å²) in [6, 6.07) is 0. The Bertz CT molecular complexity index is 351.